The Kier molecular flexibility index (Phi) is 8.49. The van der Waals surface area contributed by atoms with Gasteiger partial charge in [0.2, 0.25) is 0 Å². The van der Waals surface area contributed by atoms with Gasteiger partial charge in [0.1, 0.15) is 0 Å². The van der Waals surface area contributed by atoms with E-state index < -0.39 is 16.1 Å². The van der Waals surface area contributed by atoms with Crippen molar-refractivity contribution in [3.05, 3.63) is 96.2 Å². The Balaban J connectivity index is 1.15. The fraction of sp³-hybridized carbons (Fsp3) is 0.344. The highest BCUT2D eigenvalue weighted by atomic mass is 32.2. The van der Waals surface area contributed by atoms with E-state index >= 15 is 0 Å². The third-order valence-electron chi connectivity index (χ3n) is 7.61. The summed E-state index contributed by atoms with van der Waals surface area (Å²) in [4.78, 5) is 12.7. The number of amides is 1. The van der Waals surface area contributed by atoms with E-state index in [9.17, 15) is 18.3 Å². The van der Waals surface area contributed by atoms with Gasteiger partial charge in [-0.25, -0.2) is 8.42 Å². The third kappa shape index (κ3) is 7.55. The molecule has 5 rings (SSSR count). The van der Waals surface area contributed by atoms with Gasteiger partial charge in [-0.3, -0.25) is 9.52 Å². The van der Waals surface area contributed by atoms with Gasteiger partial charge in [0.15, 0.2) is 0 Å². The van der Waals surface area contributed by atoms with E-state index in [4.69, 9.17) is 0 Å². The van der Waals surface area contributed by atoms with Crippen LogP contribution in [0.25, 0.3) is 10.9 Å². The minimum absolute atomic E-state index is 0.0189. The highest BCUT2D eigenvalue weighted by Gasteiger charge is 2.23. The van der Waals surface area contributed by atoms with E-state index in [0.29, 0.717) is 29.3 Å². The van der Waals surface area contributed by atoms with Gasteiger partial charge < -0.3 is 20.3 Å². The second kappa shape index (κ2) is 12.1. The second-order valence-electron chi connectivity index (χ2n) is 11.5. The Morgan fingerprint density at radius 1 is 1.02 bits per heavy atom. The molecule has 3 aromatic carbocycles. The van der Waals surface area contributed by atoms with Gasteiger partial charge in [-0.1, -0.05) is 30.3 Å². The van der Waals surface area contributed by atoms with Crippen LogP contribution in [0, 0.1) is 5.92 Å². The smallest absolute Gasteiger partial charge is 0.261 e. The number of aromatic nitrogens is 1. The van der Waals surface area contributed by atoms with Crippen molar-refractivity contribution in [2.75, 3.05) is 17.8 Å². The summed E-state index contributed by atoms with van der Waals surface area (Å²) in [7, 11) is -3.72. The van der Waals surface area contributed by atoms with Crippen molar-refractivity contribution in [2.45, 2.75) is 56.2 Å². The molecule has 8 nitrogen and oxygen atoms in total. The first-order valence-electron chi connectivity index (χ1n) is 14.1. The van der Waals surface area contributed by atoms with Crippen LogP contribution in [0.4, 0.5) is 5.69 Å². The van der Waals surface area contributed by atoms with Gasteiger partial charge in [0, 0.05) is 53.5 Å². The summed E-state index contributed by atoms with van der Waals surface area (Å²) in [5, 5.41) is 18.4. The van der Waals surface area contributed by atoms with E-state index in [0.717, 1.165) is 30.4 Å². The van der Waals surface area contributed by atoms with Crippen LogP contribution in [-0.2, 0) is 16.6 Å². The molecule has 1 atom stereocenters. The number of rotatable bonds is 13. The zero-order valence-corrected chi connectivity index (χ0v) is 24.3. The lowest BCUT2D eigenvalue weighted by atomic mass is 9.99. The molecule has 1 aromatic heterocycles. The number of anilines is 1. The van der Waals surface area contributed by atoms with Crippen LogP contribution in [0.3, 0.4) is 0 Å². The first-order valence-corrected chi connectivity index (χ1v) is 15.6. The summed E-state index contributed by atoms with van der Waals surface area (Å²) in [6.07, 6.45) is 4.46. The van der Waals surface area contributed by atoms with Gasteiger partial charge in [-0.05, 0) is 93.1 Å². The van der Waals surface area contributed by atoms with Crippen LogP contribution >= 0.6 is 0 Å². The minimum Gasteiger partial charge on any atom is -0.387 e. The van der Waals surface area contributed by atoms with Gasteiger partial charge in [-0.15, -0.1) is 0 Å². The number of hydrogen-bond donors (Lipinski definition) is 4. The van der Waals surface area contributed by atoms with Gasteiger partial charge in [0.05, 0.1) is 11.0 Å². The maximum absolute atomic E-state index is 12.7. The lowest BCUT2D eigenvalue weighted by molar-refractivity contribution is 0.0952. The molecule has 1 aliphatic carbocycles. The largest absolute Gasteiger partial charge is 0.387 e. The summed E-state index contributed by atoms with van der Waals surface area (Å²) in [5.74, 6) is 0.627. The predicted molar refractivity (Wildman–Crippen MR) is 162 cm³/mol. The summed E-state index contributed by atoms with van der Waals surface area (Å²) in [6.45, 7) is 6.03. The normalized spacial score (nSPS) is 14.6. The quantitative estimate of drug-likeness (QED) is 0.178. The van der Waals surface area contributed by atoms with E-state index in [1.54, 1.807) is 42.5 Å². The molecule has 4 N–H and O–H groups in total. The molecule has 4 aromatic rings. The van der Waals surface area contributed by atoms with Gasteiger partial charge in [-0.2, -0.15) is 0 Å². The van der Waals surface area contributed by atoms with Crippen LogP contribution in [0.15, 0.2) is 90.0 Å². The number of hydrogen-bond acceptors (Lipinski definition) is 5. The first-order chi connectivity index (χ1) is 19.6. The highest BCUT2D eigenvalue weighted by Crippen LogP contribution is 2.28. The maximum atomic E-state index is 12.7. The molecule has 1 amide bonds. The molecular formula is C32H38N4O4S. The van der Waals surface area contributed by atoms with Crippen molar-refractivity contribution in [1.82, 2.24) is 15.2 Å². The standard InChI is InChI=1S/C32H38N4O4S/c1-32(2,16-18-36-17-15-24-19-26(13-14-29(24)36)31(38)33-21-23-11-12-23)34-22-30(37)25-7-6-8-27(20-25)35-41(39,40)28-9-4-3-5-10-28/h3-10,13-15,17,19-20,23,30,34-35,37H,11-12,16,18,21-22H2,1-2H3,(H,33,38)/t30-/m0/s1. The molecule has 1 saturated carbocycles. The summed E-state index contributed by atoms with van der Waals surface area (Å²) in [5.41, 5.74) is 2.51. The van der Waals surface area contributed by atoms with Crippen LogP contribution in [-0.4, -0.2) is 42.6 Å². The number of β-amino-alcohol motifs (C(OH)–C–C–N with tert-alkyl or cyclic N) is 1. The zero-order chi connectivity index (χ0) is 29.0. The van der Waals surface area contributed by atoms with E-state index in [2.05, 4.69) is 33.8 Å². The number of fused-ring (bicyclic) bond motifs is 1. The Morgan fingerprint density at radius 2 is 1.80 bits per heavy atom. The van der Waals surface area contributed by atoms with E-state index in [1.165, 1.54) is 25.0 Å². The number of nitrogens with one attached hydrogen (secondary N) is 3. The zero-order valence-electron chi connectivity index (χ0n) is 23.5. The van der Waals surface area contributed by atoms with E-state index in [1.807, 2.05) is 30.5 Å². The lowest BCUT2D eigenvalue weighted by Crippen LogP contribution is -2.42. The second-order valence-corrected chi connectivity index (χ2v) is 13.2. The molecular weight excluding hydrogens is 536 g/mol. The molecule has 0 unspecified atom stereocenters. The molecule has 9 heteroatoms. The highest BCUT2D eigenvalue weighted by molar-refractivity contribution is 7.92. The van der Waals surface area contributed by atoms with Crippen molar-refractivity contribution >= 4 is 32.5 Å². The molecule has 0 saturated heterocycles. The number of carbonyl (C=O) groups excluding carboxylic acids is 1. The van der Waals surface area contributed by atoms with Crippen LogP contribution in [0.1, 0.15) is 55.1 Å². The first kappa shape index (κ1) is 28.9. The third-order valence-corrected chi connectivity index (χ3v) is 9.01. The number of benzene rings is 3. The molecule has 216 valence electrons. The number of aryl methyl sites for hydroxylation is 1. The Hall–Kier alpha value is -3.66. The Morgan fingerprint density at radius 3 is 2.56 bits per heavy atom. The molecule has 41 heavy (non-hydrogen) atoms. The molecule has 0 spiro atoms. The topological polar surface area (TPSA) is 112 Å². The maximum Gasteiger partial charge on any atom is 0.261 e. The summed E-state index contributed by atoms with van der Waals surface area (Å²) >= 11 is 0. The fourth-order valence-electron chi connectivity index (χ4n) is 4.80. The number of aliphatic hydroxyl groups excluding tert-OH is 1. The van der Waals surface area contributed by atoms with Crippen molar-refractivity contribution in [3.8, 4) is 0 Å². The SMILES string of the molecule is CC(C)(CCn1ccc2cc(C(=O)NCC3CC3)ccc21)NC[C@H](O)c1cccc(NS(=O)(=O)c2ccccc2)c1. The van der Waals surface area contributed by atoms with Crippen molar-refractivity contribution in [3.63, 3.8) is 0 Å². The molecule has 0 aliphatic heterocycles. The predicted octanol–water partition coefficient (Wildman–Crippen LogP) is 5.07. The average molecular weight is 575 g/mol. The number of aliphatic hydroxyl groups is 1. The number of sulfonamides is 1. The molecule has 0 radical (unpaired) electrons. The summed E-state index contributed by atoms with van der Waals surface area (Å²) in [6, 6.07) is 22.9. The number of nitrogens with zero attached hydrogens (tertiary/aromatic N) is 1. The minimum atomic E-state index is -3.72. The molecule has 1 heterocycles. The summed E-state index contributed by atoms with van der Waals surface area (Å²) < 4.78 is 30.1. The van der Waals surface area contributed by atoms with Crippen LogP contribution in [0.2, 0.25) is 0 Å². The van der Waals surface area contributed by atoms with Gasteiger partial charge in [0.25, 0.3) is 15.9 Å². The van der Waals surface area contributed by atoms with Crippen LogP contribution < -0.4 is 15.4 Å². The molecule has 1 aliphatic rings. The van der Waals surface area contributed by atoms with Crippen LogP contribution in [0.5, 0.6) is 0 Å². The monoisotopic (exact) mass is 574 g/mol. The van der Waals surface area contributed by atoms with E-state index in [-0.39, 0.29) is 16.3 Å². The lowest BCUT2D eigenvalue weighted by Gasteiger charge is -2.28. The molecule has 1 fully saturated rings. The van der Waals surface area contributed by atoms with Crippen molar-refractivity contribution < 1.29 is 18.3 Å². The Bertz CT molecular complexity index is 1610. The molecule has 0 bridgehead atoms. The fourth-order valence-corrected chi connectivity index (χ4v) is 5.87. The van der Waals surface area contributed by atoms with Crippen molar-refractivity contribution in [2.24, 2.45) is 5.92 Å². The van der Waals surface area contributed by atoms with Crippen molar-refractivity contribution in [1.29, 1.82) is 0 Å². The Labute approximate surface area is 241 Å². The number of carbonyl (C=O) groups is 1. The average Bonchev–Trinajstić information content (AvgIpc) is 3.71. The van der Waals surface area contributed by atoms with Gasteiger partial charge >= 0.3 is 0 Å².